The maximum Gasteiger partial charge on any atom is 0.252 e. The molecule has 81 heavy (non-hydrogen) atoms. The van der Waals surface area contributed by atoms with Gasteiger partial charge in [-0.15, -0.1) is 10.2 Å². The Morgan fingerprint density at radius 2 is 0.790 bits per heavy atom. The van der Waals surface area contributed by atoms with Gasteiger partial charge in [0, 0.05) is 51.1 Å². The summed E-state index contributed by atoms with van der Waals surface area (Å²) in [5.74, 6) is 0. The number of benzene rings is 9. The standard InChI is InChI=1S/C74H77BN6/c1-70(2,3)49-26-33-54(34-27-49)78(64-41-32-52(73(10,11)12)42-59(64)48-22-18-16-19-23-48)58-39-40-60-65(45-58)79(55-35-28-50(29-36-55)71(4,5)6)67-43-53(74(13,14)15)44-68-69(67)75(60)61-46-62-63(77-81(76-62)57-24-20-17-21-25-57)47-66(61)80(68)56-37-30-51(31-38-56)72(7,8)9/h16-47H,1-15H3. The zero-order valence-corrected chi connectivity index (χ0v) is 50.2. The molecular weight excluding hydrogens is 984 g/mol. The molecule has 12 rings (SSSR count). The molecule has 6 nitrogen and oxygen atoms in total. The number of aromatic nitrogens is 3. The number of hydrogen-bond donors (Lipinski definition) is 0. The van der Waals surface area contributed by atoms with Gasteiger partial charge >= 0.3 is 0 Å². The second kappa shape index (κ2) is 19.3. The zero-order valence-electron chi connectivity index (χ0n) is 50.2. The molecule has 0 fully saturated rings. The Kier molecular flexibility index (Phi) is 12.7. The van der Waals surface area contributed by atoms with Crippen molar-refractivity contribution < 1.29 is 0 Å². The van der Waals surface area contributed by atoms with Gasteiger partial charge in [-0.1, -0.05) is 201 Å². The highest BCUT2D eigenvalue weighted by atomic mass is 15.5. The van der Waals surface area contributed by atoms with Crippen molar-refractivity contribution in [2.24, 2.45) is 0 Å². The molecule has 7 heteroatoms. The lowest BCUT2D eigenvalue weighted by atomic mass is 9.33. The van der Waals surface area contributed by atoms with E-state index in [9.17, 15) is 0 Å². The predicted molar refractivity (Wildman–Crippen MR) is 347 cm³/mol. The molecule has 9 aromatic carbocycles. The second-order valence-electron chi connectivity index (χ2n) is 27.8. The van der Waals surface area contributed by atoms with Crippen LogP contribution < -0.4 is 31.1 Å². The molecule has 2 aliphatic rings. The summed E-state index contributed by atoms with van der Waals surface area (Å²) < 4.78 is 0. The lowest BCUT2D eigenvalue weighted by Gasteiger charge is -2.45. The summed E-state index contributed by atoms with van der Waals surface area (Å²) in [5, 5.41) is 10.4. The Balaban J connectivity index is 1.17. The Hall–Kier alpha value is -8.16. The minimum atomic E-state index is -0.196. The number of rotatable bonds is 7. The van der Waals surface area contributed by atoms with Crippen molar-refractivity contribution in [1.29, 1.82) is 0 Å². The van der Waals surface area contributed by atoms with Crippen LogP contribution in [0.1, 0.15) is 132 Å². The molecule has 0 bridgehead atoms. The van der Waals surface area contributed by atoms with E-state index in [0.717, 1.165) is 56.5 Å². The van der Waals surface area contributed by atoms with Crippen LogP contribution in [0.15, 0.2) is 194 Å². The van der Waals surface area contributed by atoms with E-state index in [4.69, 9.17) is 10.2 Å². The molecule has 406 valence electrons. The molecule has 0 saturated carbocycles. The fourth-order valence-electron chi connectivity index (χ4n) is 12.0. The van der Waals surface area contributed by atoms with Crippen LogP contribution in [-0.4, -0.2) is 21.7 Å². The molecule has 0 spiro atoms. The van der Waals surface area contributed by atoms with Crippen molar-refractivity contribution in [3.05, 3.63) is 222 Å². The van der Waals surface area contributed by atoms with Crippen LogP contribution in [0, 0.1) is 0 Å². The van der Waals surface area contributed by atoms with Crippen LogP contribution in [0.4, 0.5) is 51.2 Å². The third-order valence-electron chi connectivity index (χ3n) is 16.8. The number of nitrogens with zero attached hydrogens (tertiary/aromatic N) is 6. The summed E-state index contributed by atoms with van der Waals surface area (Å²) in [5.41, 5.74) is 24.9. The molecule has 2 aliphatic heterocycles. The van der Waals surface area contributed by atoms with Crippen molar-refractivity contribution in [1.82, 2.24) is 15.0 Å². The number of hydrogen-bond acceptors (Lipinski definition) is 5. The summed E-state index contributed by atoms with van der Waals surface area (Å²) in [7, 11) is 0. The first-order valence-electron chi connectivity index (χ1n) is 29.0. The molecule has 10 aromatic rings. The molecule has 3 heterocycles. The van der Waals surface area contributed by atoms with Crippen molar-refractivity contribution in [3.8, 4) is 16.8 Å². The topological polar surface area (TPSA) is 40.4 Å². The second-order valence-corrected chi connectivity index (χ2v) is 27.8. The fraction of sp³-hybridized carbons (Fsp3) is 0.270. The Morgan fingerprint density at radius 3 is 1.30 bits per heavy atom. The minimum absolute atomic E-state index is 0.00704. The Morgan fingerprint density at radius 1 is 0.346 bits per heavy atom. The molecule has 0 amide bonds. The normalized spacial score (nSPS) is 13.5. The maximum atomic E-state index is 5.24. The van der Waals surface area contributed by atoms with E-state index in [1.54, 1.807) is 4.80 Å². The van der Waals surface area contributed by atoms with Gasteiger partial charge in [0.05, 0.1) is 11.4 Å². The van der Waals surface area contributed by atoms with Gasteiger partial charge in [0.25, 0.3) is 6.71 Å². The van der Waals surface area contributed by atoms with E-state index >= 15 is 0 Å². The smallest absolute Gasteiger partial charge is 0.252 e. The Bertz CT molecular complexity index is 3990. The average molecular weight is 1060 g/mol. The summed E-state index contributed by atoms with van der Waals surface area (Å²) in [6.07, 6.45) is 0. The summed E-state index contributed by atoms with van der Waals surface area (Å²) in [6.45, 7) is 34.4. The third-order valence-corrected chi connectivity index (χ3v) is 16.8. The maximum absolute atomic E-state index is 5.24. The molecule has 1 aromatic heterocycles. The van der Waals surface area contributed by atoms with Gasteiger partial charge in [-0.05, 0) is 174 Å². The summed E-state index contributed by atoms with van der Waals surface area (Å²) >= 11 is 0. The highest BCUT2D eigenvalue weighted by Crippen LogP contribution is 2.50. The number of para-hydroxylation sites is 1. The van der Waals surface area contributed by atoms with Gasteiger partial charge in [-0.3, -0.25) is 0 Å². The van der Waals surface area contributed by atoms with Crippen LogP contribution >= 0.6 is 0 Å². The molecule has 0 aliphatic carbocycles. The van der Waals surface area contributed by atoms with Gasteiger partial charge in [-0.25, -0.2) is 0 Å². The van der Waals surface area contributed by atoms with Crippen LogP contribution in [-0.2, 0) is 27.1 Å². The lowest BCUT2D eigenvalue weighted by Crippen LogP contribution is -2.61. The van der Waals surface area contributed by atoms with E-state index in [1.165, 1.54) is 66.7 Å². The first-order chi connectivity index (χ1) is 38.3. The molecule has 0 atom stereocenters. The van der Waals surface area contributed by atoms with E-state index in [1.807, 2.05) is 18.2 Å². The average Bonchev–Trinajstić information content (AvgIpc) is 3.81. The van der Waals surface area contributed by atoms with Crippen LogP contribution in [0.2, 0.25) is 0 Å². The number of anilines is 9. The predicted octanol–water partition coefficient (Wildman–Crippen LogP) is 18.1. The van der Waals surface area contributed by atoms with Crippen molar-refractivity contribution in [2.45, 2.75) is 131 Å². The van der Waals surface area contributed by atoms with Gasteiger partial charge in [0.1, 0.15) is 11.0 Å². The number of fused-ring (bicyclic) bond motifs is 5. The lowest BCUT2D eigenvalue weighted by molar-refractivity contribution is 0.589. The van der Waals surface area contributed by atoms with Gasteiger partial charge in [-0.2, -0.15) is 4.80 Å². The van der Waals surface area contributed by atoms with E-state index in [-0.39, 0.29) is 33.8 Å². The summed E-state index contributed by atoms with van der Waals surface area (Å²) in [6, 6.07) is 73.1. The van der Waals surface area contributed by atoms with E-state index < -0.39 is 0 Å². The van der Waals surface area contributed by atoms with Crippen molar-refractivity contribution in [3.63, 3.8) is 0 Å². The zero-order chi connectivity index (χ0) is 57.1. The third kappa shape index (κ3) is 9.72. The SMILES string of the molecule is CC(C)(C)c1ccc(N(c2ccc3c(c2)N(c2ccc(C(C)(C)C)cc2)c2cc(C(C)(C)C)cc4c2B3c2cc3nn(-c5ccccc5)nc3cc2N4c2ccc(C(C)(C)C)cc2)c2ccc(C(C)(C)C)cc2-c2ccccc2)cc1. The van der Waals surface area contributed by atoms with Gasteiger partial charge in [0.15, 0.2) is 0 Å². The van der Waals surface area contributed by atoms with Crippen LogP contribution in [0.25, 0.3) is 27.8 Å². The molecular formula is C74H77BN6. The van der Waals surface area contributed by atoms with Crippen LogP contribution in [0.3, 0.4) is 0 Å². The van der Waals surface area contributed by atoms with E-state index in [0.29, 0.717) is 0 Å². The highest BCUT2D eigenvalue weighted by molar-refractivity contribution is 7.00. The quantitative estimate of drug-likeness (QED) is 0.149. The van der Waals surface area contributed by atoms with Crippen LogP contribution in [0.5, 0.6) is 0 Å². The van der Waals surface area contributed by atoms with Gasteiger partial charge < -0.3 is 14.7 Å². The monoisotopic (exact) mass is 1060 g/mol. The molecule has 0 saturated heterocycles. The van der Waals surface area contributed by atoms with E-state index in [2.05, 4.69) is 294 Å². The summed E-state index contributed by atoms with van der Waals surface area (Å²) in [4.78, 5) is 9.38. The van der Waals surface area contributed by atoms with Crippen molar-refractivity contribution in [2.75, 3.05) is 14.7 Å². The molecule has 0 N–H and O–H groups in total. The van der Waals surface area contributed by atoms with Gasteiger partial charge in [0.2, 0.25) is 0 Å². The molecule has 0 radical (unpaired) electrons. The molecule has 0 unspecified atom stereocenters. The first kappa shape index (κ1) is 53.5. The fourth-order valence-corrected chi connectivity index (χ4v) is 12.0. The van der Waals surface area contributed by atoms with Crippen molar-refractivity contribution >= 4 is 85.3 Å². The first-order valence-corrected chi connectivity index (χ1v) is 29.0. The Labute approximate surface area is 482 Å². The highest BCUT2D eigenvalue weighted by Gasteiger charge is 2.45. The minimum Gasteiger partial charge on any atom is -0.311 e. The largest absolute Gasteiger partial charge is 0.311 e.